The molecule has 16 heavy (non-hydrogen) atoms. The molecule has 0 aliphatic carbocycles. The highest BCUT2D eigenvalue weighted by Crippen LogP contribution is 1.96. The lowest BCUT2D eigenvalue weighted by atomic mass is 10.3. The van der Waals surface area contributed by atoms with Gasteiger partial charge in [-0.05, 0) is 13.8 Å². The van der Waals surface area contributed by atoms with Crippen LogP contribution in [-0.2, 0) is 28.7 Å². The van der Waals surface area contributed by atoms with Crippen molar-refractivity contribution in [1.82, 2.24) is 0 Å². The maximum absolute atomic E-state index is 10.9. The number of Topliss-reactive ketones (excluding diaryl/α,β-unsaturated/α-hetero) is 2. The van der Waals surface area contributed by atoms with Crippen LogP contribution in [0, 0.1) is 0 Å². The topological polar surface area (TPSA) is 86.7 Å². The van der Waals surface area contributed by atoms with E-state index < -0.39 is 11.9 Å². The first kappa shape index (κ1) is 14.3. The molecule has 0 aromatic rings. The van der Waals surface area contributed by atoms with Crippen LogP contribution in [0.25, 0.3) is 0 Å². The predicted octanol–water partition coefficient (Wildman–Crippen LogP) is 0.0310. The third kappa shape index (κ3) is 8.86. The first-order valence-corrected chi connectivity index (χ1v) is 4.72. The monoisotopic (exact) mass is 230 g/mol. The van der Waals surface area contributed by atoms with Crippen LogP contribution in [0.4, 0.5) is 0 Å². The molecule has 0 aliphatic rings. The highest BCUT2D eigenvalue weighted by Gasteiger charge is 2.10. The van der Waals surface area contributed by atoms with E-state index in [1.54, 1.807) is 0 Å². The molecule has 0 saturated heterocycles. The summed E-state index contributed by atoms with van der Waals surface area (Å²) in [6.07, 6.45) is -0.325. The van der Waals surface area contributed by atoms with Crippen molar-refractivity contribution in [3.63, 3.8) is 0 Å². The number of hydrogen-bond acceptors (Lipinski definition) is 6. The van der Waals surface area contributed by atoms with Gasteiger partial charge in [0, 0.05) is 0 Å². The summed E-state index contributed by atoms with van der Waals surface area (Å²) < 4.78 is 9.03. The maximum Gasteiger partial charge on any atom is 0.306 e. The summed E-state index contributed by atoms with van der Waals surface area (Å²) in [5, 5.41) is 0. The fraction of sp³-hybridized carbons (Fsp3) is 0.600. The van der Waals surface area contributed by atoms with Crippen LogP contribution in [0.3, 0.4) is 0 Å². The molecule has 0 heterocycles. The summed E-state index contributed by atoms with van der Waals surface area (Å²) in [6, 6.07) is 0. The summed E-state index contributed by atoms with van der Waals surface area (Å²) in [6.45, 7) is 1.99. The van der Waals surface area contributed by atoms with Gasteiger partial charge in [0.05, 0.1) is 12.8 Å². The Hall–Kier alpha value is -1.72. The minimum Gasteiger partial charge on any atom is -0.458 e. The van der Waals surface area contributed by atoms with E-state index in [1.165, 1.54) is 13.8 Å². The van der Waals surface area contributed by atoms with Gasteiger partial charge in [-0.25, -0.2) is 0 Å². The summed E-state index contributed by atoms with van der Waals surface area (Å²) in [4.78, 5) is 42.8. The minimum absolute atomic E-state index is 0.163. The Balaban J connectivity index is 3.63. The van der Waals surface area contributed by atoms with Gasteiger partial charge in [0.25, 0.3) is 0 Å². The second-order valence-electron chi connectivity index (χ2n) is 3.23. The lowest BCUT2D eigenvalue weighted by molar-refractivity contribution is -0.152. The van der Waals surface area contributed by atoms with E-state index in [0.717, 1.165) is 0 Å². The van der Waals surface area contributed by atoms with Crippen molar-refractivity contribution in [3.05, 3.63) is 0 Å². The fourth-order valence-corrected chi connectivity index (χ4v) is 0.713. The highest BCUT2D eigenvalue weighted by molar-refractivity contribution is 5.83. The molecule has 0 aromatic heterocycles. The first-order chi connectivity index (χ1) is 7.41. The Kier molecular flexibility index (Phi) is 6.74. The van der Waals surface area contributed by atoms with Gasteiger partial charge in [-0.15, -0.1) is 0 Å². The van der Waals surface area contributed by atoms with Gasteiger partial charge in [-0.1, -0.05) is 0 Å². The van der Waals surface area contributed by atoms with Crippen molar-refractivity contribution in [2.24, 2.45) is 0 Å². The van der Waals surface area contributed by atoms with Crippen molar-refractivity contribution >= 4 is 23.5 Å². The zero-order chi connectivity index (χ0) is 12.6. The molecule has 0 amide bonds. The van der Waals surface area contributed by atoms with Crippen molar-refractivity contribution in [2.75, 3.05) is 13.2 Å². The average molecular weight is 230 g/mol. The summed E-state index contributed by atoms with van der Waals surface area (Å²) in [5.74, 6) is -1.83. The lowest BCUT2D eigenvalue weighted by Gasteiger charge is -2.03. The van der Waals surface area contributed by atoms with E-state index in [0.29, 0.717) is 0 Å². The van der Waals surface area contributed by atoms with Gasteiger partial charge in [-0.2, -0.15) is 0 Å². The summed E-state index contributed by atoms with van der Waals surface area (Å²) in [5.41, 5.74) is 0. The summed E-state index contributed by atoms with van der Waals surface area (Å²) >= 11 is 0. The van der Waals surface area contributed by atoms with Gasteiger partial charge >= 0.3 is 11.9 Å². The molecule has 0 saturated carbocycles. The van der Waals surface area contributed by atoms with E-state index in [-0.39, 0.29) is 37.6 Å². The number of esters is 2. The standard InChI is InChI=1S/C10H14O6/c1-7(11)5-15-9(13)3-4-10(14)16-6-8(2)12/h3-6H2,1-2H3. The summed E-state index contributed by atoms with van der Waals surface area (Å²) in [7, 11) is 0. The van der Waals surface area contributed by atoms with Gasteiger partial charge in [-0.3, -0.25) is 19.2 Å². The molecule has 0 radical (unpaired) electrons. The molecule has 0 atom stereocenters. The molecular weight excluding hydrogens is 216 g/mol. The normalized spacial score (nSPS) is 9.38. The molecule has 90 valence electrons. The van der Waals surface area contributed by atoms with Crippen LogP contribution < -0.4 is 0 Å². The Morgan fingerprint density at radius 2 is 1.06 bits per heavy atom. The van der Waals surface area contributed by atoms with Gasteiger partial charge < -0.3 is 9.47 Å². The van der Waals surface area contributed by atoms with Crippen molar-refractivity contribution in [3.8, 4) is 0 Å². The molecule has 0 fully saturated rings. The molecule has 0 N–H and O–H groups in total. The molecule has 0 bridgehead atoms. The smallest absolute Gasteiger partial charge is 0.306 e. The van der Waals surface area contributed by atoms with Crippen molar-refractivity contribution in [1.29, 1.82) is 0 Å². The molecule has 6 heteroatoms. The van der Waals surface area contributed by atoms with Crippen LogP contribution in [-0.4, -0.2) is 36.7 Å². The molecule has 0 aromatic carbocycles. The second kappa shape index (κ2) is 7.56. The van der Waals surface area contributed by atoms with Gasteiger partial charge in [0.15, 0.2) is 11.6 Å². The number of ketones is 2. The second-order valence-corrected chi connectivity index (χ2v) is 3.23. The molecule has 0 unspecified atom stereocenters. The average Bonchev–Trinajstić information content (AvgIpc) is 2.20. The zero-order valence-electron chi connectivity index (χ0n) is 9.28. The van der Waals surface area contributed by atoms with E-state index in [4.69, 9.17) is 0 Å². The Bertz CT molecular complexity index is 264. The van der Waals surface area contributed by atoms with Crippen LogP contribution in [0.1, 0.15) is 26.7 Å². The Labute approximate surface area is 92.9 Å². The third-order valence-electron chi connectivity index (χ3n) is 1.41. The zero-order valence-corrected chi connectivity index (χ0v) is 9.28. The van der Waals surface area contributed by atoms with Crippen molar-refractivity contribution < 1.29 is 28.7 Å². The van der Waals surface area contributed by atoms with E-state index in [9.17, 15) is 19.2 Å². The quantitative estimate of drug-likeness (QED) is 0.573. The van der Waals surface area contributed by atoms with Gasteiger partial charge in [0.2, 0.25) is 0 Å². The Morgan fingerprint density at radius 3 is 1.31 bits per heavy atom. The molecule has 0 spiro atoms. The van der Waals surface area contributed by atoms with Crippen LogP contribution in [0.5, 0.6) is 0 Å². The van der Waals surface area contributed by atoms with E-state index in [2.05, 4.69) is 9.47 Å². The maximum atomic E-state index is 10.9. The van der Waals surface area contributed by atoms with Crippen molar-refractivity contribution in [2.45, 2.75) is 26.7 Å². The van der Waals surface area contributed by atoms with Crippen LogP contribution in [0.15, 0.2) is 0 Å². The first-order valence-electron chi connectivity index (χ1n) is 4.72. The van der Waals surface area contributed by atoms with E-state index in [1.807, 2.05) is 0 Å². The minimum atomic E-state index is -0.644. The largest absolute Gasteiger partial charge is 0.458 e. The number of rotatable bonds is 7. The Morgan fingerprint density at radius 1 is 0.750 bits per heavy atom. The molecule has 0 rings (SSSR count). The number of carbonyl (C=O) groups is 4. The SMILES string of the molecule is CC(=O)COC(=O)CCC(=O)OCC(C)=O. The third-order valence-corrected chi connectivity index (χ3v) is 1.41. The molecule has 6 nitrogen and oxygen atoms in total. The molecular formula is C10H14O6. The van der Waals surface area contributed by atoms with Crippen LogP contribution >= 0.6 is 0 Å². The fourth-order valence-electron chi connectivity index (χ4n) is 0.713. The molecule has 0 aliphatic heterocycles. The number of ether oxygens (including phenoxy) is 2. The van der Waals surface area contributed by atoms with E-state index >= 15 is 0 Å². The number of hydrogen-bond donors (Lipinski definition) is 0. The number of carbonyl (C=O) groups excluding carboxylic acids is 4. The lowest BCUT2D eigenvalue weighted by Crippen LogP contribution is -2.15. The van der Waals surface area contributed by atoms with Crippen LogP contribution in [0.2, 0.25) is 0 Å². The predicted molar refractivity (Wildman–Crippen MR) is 52.5 cm³/mol. The van der Waals surface area contributed by atoms with Gasteiger partial charge in [0.1, 0.15) is 13.2 Å². The highest BCUT2D eigenvalue weighted by atomic mass is 16.5.